The Morgan fingerprint density at radius 2 is 1.70 bits per heavy atom. The molecule has 0 spiro atoms. The number of amides is 1. The maximum atomic E-state index is 13.4. The Morgan fingerprint density at radius 3 is 2.41 bits per heavy atom. The summed E-state index contributed by atoms with van der Waals surface area (Å²) in [6.45, 7) is 2.30. The van der Waals surface area contributed by atoms with E-state index < -0.39 is 4.92 Å². The fraction of sp³-hybridized carbons (Fsp3) is 0.192. The Kier molecular flexibility index (Phi) is 7.11. The number of benzene rings is 3. The molecule has 37 heavy (non-hydrogen) atoms. The Balaban J connectivity index is 1.30. The van der Waals surface area contributed by atoms with Crippen LogP contribution in [0.5, 0.6) is 0 Å². The van der Waals surface area contributed by atoms with E-state index in [9.17, 15) is 19.7 Å². The van der Waals surface area contributed by atoms with Gasteiger partial charge in [0.2, 0.25) is 5.91 Å². The highest BCUT2D eigenvalue weighted by molar-refractivity contribution is 7.99. The molecule has 1 fully saturated rings. The van der Waals surface area contributed by atoms with Gasteiger partial charge >= 0.3 is 0 Å². The van der Waals surface area contributed by atoms with Crippen molar-refractivity contribution in [3.8, 4) is 5.69 Å². The molecule has 1 amide bonds. The molecule has 0 saturated carbocycles. The van der Waals surface area contributed by atoms with Crippen molar-refractivity contribution < 1.29 is 9.72 Å². The molecule has 11 heteroatoms. The van der Waals surface area contributed by atoms with Crippen LogP contribution in [0.15, 0.2) is 82.7 Å². The van der Waals surface area contributed by atoms with Crippen molar-refractivity contribution in [2.24, 2.45) is 0 Å². The molecule has 5 rings (SSSR count). The van der Waals surface area contributed by atoms with Gasteiger partial charge in [0.05, 0.1) is 27.3 Å². The van der Waals surface area contributed by atoms with E-state index in [4.69, 9.17) is 11.6 Å². The number of aromatic nitrogens is 2. The number of thioether (sulfide) groups is 1. The molecule has 2 heterocycles. The zero-order chi connectivity index (χ0) is 25.9. The quantitative estimate of drug-likeness (QED) is 0.156. The number of hydrogen-bond acceptors (Lipinski definition) is 7. The third-order valence-electron chi connectivity index (χ3n) is 6.19. The minimum atomic E-state index is -0.422. The average molecular weight is 536 g/mol. The minimum absolute atomic E-state index is 0.0478. The van der Waals surface area contributed by atoms with Crippen molar-refractivity contribution >= 4 is 51.5 Å². The lowest BCUT2D eigenvalue weighted by Crippen LogP contribution is -2.49. The highest BCUT2D eigenvalue weighted by Crippen LogP contribution is 2.24. The van der Waals surface area contributed by atoms with E-state index in [1.54, 1.807) is 59.5 Å². The van der Waals surface area contributed by atoms with Gasteiger partial charge in [-0.2, -0.15) is 0 Å². The zero-order valence-corrected chi connectivity index (χ0v) is 21.2. The number of rotatable bonds is 6. The summed E-state index contributed by atoms with van der Waals surface area (Å²) in [6.07, 6.45) is 0. The van der Waals surface area contributed by atoms with Gasteiger partial charge in [0.1, 0.15) is 0 Å². The van der Waals surface area contributed by atoms with Gasteiger partial charge in [-0.1, -0.05) is 41.6 Å². The maximum absolute atomic E-state index is 13.4. The van der Waals surface area contributed by atoms with Crippen molar-refractivity contribution in [3.63, 3.8) is 0 Å². The van der Waals surface area contributed by atoms with E-state index in [0.29, 0.717) is 52.9 Å². The highest BCUT2D eigenvalue weighted by atomic mass is 35.5. The summed E-state index contributed by atoms with van der Waals surface area (Å²) in [5.41, 5.74) is 1.87. The van der Waals surface area contributed by atoms with E-state index in [0.717, 1.165) is 5.69 Å². The fourth-order valence-electron chi connectivity index (χ4n) is 4.27. The van der Waals surface area contributed by atoms with Gasteiger partial charge in [-0.15, -0.1) is 0 Å². The van der Waals surface area contributed by atoms with Crippen LogP contribution in [-0.4, -0.2) is 57.2 Å². The Labute approximate surface area is 221 Å². The van der Waals surface area contributed by atoms with Gasteiger partial charge < -0.3 is 9.80 Å². The molecule has 0 aliphatic carbocycles. The summed E-state index contributed by atoms with van der Waals surface area (Å²) in [5, 5.41) is 12.3. The van der Waals surface area contributed by atoms with Gasteiger partial charge in [0.25, 0.3) is 11.2 Å². The second kappa shape index (κ2) is 10.6. The topological polar surface area (TPSA) is 102 Å². The molecule has 4 aromatic rings. The molecular weight excluding hydrogens is 514 g/mol. The molecule has 1 aliphatic rings. The van der Waals surface area contributed by atoms with Crippen LogP contribution in [0, 0.1) is 10.1 Å². The summed E-state index contributed by atoms with van der Waals surface area (Å²) in [7, 11) is 0. The number of nitrogens with zero attached hydrogens (tertiary/aromatic N) is 5. The number of non-ortho nitro benzene ring substituents is 1. The molecule has 0 radical (unpaired) electrons. The van der Waals surface area contributed by atoms with E-state index in [-0.39, 0.29) is 22.9 Å². The monoisotopic (exact) mass is 535 g/mol. The predicted octanol–water partition coefficient (Wildman–Crippen LogP) is 4.39. The number of carbonyl (C=O) groups is 1. The Bertz CT molecular complexity index is 1530. The molecule has 0 unspecified atom stereocenters. The Morgan fingerprint density at radius 1 is 0.973 bits per heavy atom. The van der Waals surface area contributed by atoms with Crippen molar-refractivity contribution in [1.82, 2.24) is 14.5 Å². The maximum Gasteiger partial charge on any atom is 0.269 e. The number of halogens is 1. The predicted molar refractivity (Wildman–Crippen MR) is 145 cm³/mol. The molecule has 3 aromatic carbocycles. The first kappa shape index (κ1) is 24.8. The van der Waals surface area contributed by atoms with Gasteiger partial charge in [0.15, 0.2) is 5.16 Å². The van der Waals surface area contributed by atoms with Gasteiger partial charge in [0, 0.05) is 49.0 Å². The molecule has 1 aromatic heterocycles. The molecule has 9 nitrogen and oxygen atoms in total. The number of hydrogen-bond donors (Lipinski definition) is 0. The van der Waals surface area contributed by atoms with E-state index in [1.807, 2.05) is 6.07 Å². The summed E-state index contributed by atoms with van der Waals surface area (Å²) < 4.78 is 1.50. The molecule has 1 aliphatic heterocycles. The van der Waals surface area contributed by atoms with Crippen LogP contribution >= 0.6 is 23.4 Å². The van der Waals surface area contributed by atoms with Crippen molar-refractivity contribution in [2.75, 3.05) is 36.8 Å². The van der Waals surface area contributed by atoms with Crippen molar-refractivity contribution in [1.29, 1.82) is 0 Å². The first-order chi connectivity index (χ1) is 17.9. The number of fused-ring (bicyclic) bond motifs is 1. The number of carbonyl (C=O) groups excluding carboxylic acids is 1. The van der Waals surface area contributed by atoms with E-state index in [2.05, 4.69) is 9.88 Å². The second-order valence-electron chi connectivity index (χ2n) is 8.46. The fourth-order valence-corrected chi connectivity index (χ4v) is 5.37. The first-order valence-electron chi connectivity index (χ1n) is 11.6. The third kappa shape index (κ3) is 5.30. The van der Waals surface area contributed by atoms with Gasteiger partial charge in [-0.25, -0.2) is 4.98 Å². The molecule has 0 bridgehead atoms. The molecule has 188 valence electrons. The van der Waals surface area contributed by atoms with Crippen LogP contribution in [0.1, 0.15) is 0 Å². The smallest absolute Gasteiger partial charge is 0.269 e. The molecule has 0 atom stereocenters. The van der Waals surface area contributed by atoms with E-state index >= 15 is 0 Å². The van der Waals surface area contributed by atoms with Crippen LogP contribution in [0.3, 0.4) is 0 Å². The number of piperazine rings is 1. The third-order valence-corrected chi connectivity index (χ3v) is 7.35. The summed E-state index contributed by atoms with van der Waals surface area (Å²) in [6, 6.07) is 20.5. The first-order valence-corrected chi connectivity index (χ1v) is 12.9. The molecule has 0 N–H and O–H groups in total. The SMILES string of the molecule is O=C(CSc1nc2ccccc2c(=O)n1-c1cccc(Cl)c1)N1CCN(c2ccc([N+](=O)[O-])cc2)CC1. The van der Waals surface area contributed by atoms with Crippen LogP contribution in [0.25, 0.3) is 16.6 Å². The lowest BCUT2D eigenvalue weighted by atomic mass is 10.2. The van der Waals surface area contributed by atoms with Crippen molar-refractivity contribution in [2.45, 2.75) is 5.16 Å². The van der Waals surface area contributed by atoms with Crippen molar-refractivity contribution in [3.05, 3.63) is 98.3 Å². The number of para-hydroxylation sites is 1. The largest absolute Gasteiger partial charge is 0.368 e. The number of nitro benzene ring substituents is 1. The normalized spacial score (nSPS) is 13.6. The highest BCUT2D eigenvalue weighted by Gasteiger charge is 2.23. The summed E-state index contributed by atoms with van der Waals surface area (Å²) in [5.74, 6) is 0.0801. The van der Waals surface area contributed by atoms with E-state index in [1.165, 1.54) is 28.5 Å². The van der Waals surface area contributed by atoms with Gasteiger partial charge in [-0.3, -0.25) is 24.3 Å². The number of nitro groups is 1. The molecule has 1 saturated heterocycles. The minimum Gasteiger partial charge on any atom is -0.368 e. The summed E-state index contributed by atoms with van der Waals surface area (Å²) in [4.78, 5) is 45.5. The Hall–Kier alpha value is -3.89. The number of anilines is 1. The second-order valence-corrected chi connectivity index (χ2v) is 9.84. The summed E-state index contributed by atoms with van der Waals surface area (Å²) >= 11 is 7.41. The van der Waals surface area contributed by atoms with Crippen LogP contribution in [-0.2, 0) is 4.79 Å². The van der Waals surface area contributed by atoms with Crippen LogP contribution in [0.4, 0.5) is 11.4 Å². The standard InChI is InChI=1S/C26H22ClN5O4S/c27-18-4-3-5-21(16-18)31-25(34)22-6-1-2-7-23(22)28-26(31)37-17-24(33)30-14-12-29(13-15-30)19-8-10-20(11-9-19)32(35)36/h1-11,16H,12-15,17H2. The average Bonchev–Trinajstić information content (AvgIpc) is 2.92. The van der Waals surface area contributed by atoms with Crippen LogP contribution in [0.2, 0.25) is 5.02 Å². The van der Waals surface area contributed by atoms with Gasteiger partial charge in [-0.05, 0) is 42.5 Å². The lowest BCUT2D eigenvalue weighted by Gasteiger charge is -2.36. The van der Waals surface area contributed by atoms with Crippen LogP contribution < -0.4 is 10.5 Å². The molecular formula is C26H22ClN5O4S. The zero-order valence-electron chi connectivity index (χ0n) is 19.6. The lowest BCUT2D eigenvalue weighted by molar-refractivity contribution is -0.384.